The molecular weight excluding hydrogens is 637 g/mol. The van der Waals surface area contributed by atoms with Gasteiger partial charge in [-0.25, -0.2) is 9.36 Å². The molecular formula is C31H46N3O12P. The van der Waals surface area contributed by atoms with E-state index < -0.39 is 61.7 Å². The third-order valence-electron chi connectivity index (χ3n) is 7.68. The number of nitrogens with two attached hydrogens (primary N) is 1. The number of amides is 2. The van der Waals surface area contributed by atoms with Crippen LogP contribution in [0.15, 0.2) is 58.5 Å². The van der Waals surface area contributed by atoms with E-state index in [1.165, 1.54) is 33.3 Å². The van der Waals surface area contributed by atoms with Crippen LogP contribution in [0.3, 0.4) is 0 Å². The highest BCUT2D eigenvalue weighted by molar-refractivity contribution is 7.46. The van der Waals surface area contributed by atoms with Gasteiger partial charge >= 0.3 is 13.9 Å². The van der Waals surface area contributed by atoms with Crippen molar-refractivity contribution in [3.05, 3.63) is 58.5 Å². The average Bonchev–Trinajstić information content (AvgIpc) is 2.98. The highest BCUT2D eigenvalue weighted by Gasteiger charge is 2.33. The molecule has 6 atom stereocenters. The van der Waals surface area contributed by atoms with E-state index in [9.17, 15) is 28.8 Å². The zero-order chi connectivity index (χ0) is 35.5. The zero-order valence-corrected chi connectivity index (χ0v) is 28.3. The van der Waals surface area contributed by atoms with E-state index in [0.29, 0.717) is 5.57 Å². The van der Waals surface area contributed by atoms with Crippen LogP contribution in [0.1, 0.15) is 47.0 Å². The number of Topliss-reactive ketones (excluding diaryl/α,β-unsaturated/α-hetero) is 1. The van der Waals surface area contributed by atoms with Gasteiger partial charge in [-0.15, -0.1) is 0 Å². The second-order valence-electron chi connectivity index (χ2n) is 11.5. The van der Waals surface area contributed by atoms with E-state index in [1.54, 1.807) is 26.0 Å². The molecule has 2 aliphatic rings. The summed E-state index contributed by atoms with van der Waals surface area (Å²) < 4.78 is 31.9. The first-order valence-electron chi connectivity index (χ1n) is 15.0. The van der Waals surface area contributed by atoms with Crippen molar-refractivity contribution < 1.29 is 57.4 Å². The number of primary amides is 1. The van der Waals surface area contributed by atoms with Gasteiger partial charge in [0, 0.05) is 43.9 Å². The largest absolute Gasteiger partial charge is 0.469 e. The lowest BCUT2D eigenvalue weighted by molar-refractivity contribution is -0.120. The number of nitrogens with one attached hydrogen (secondary N) is 2. The topological polar surface area (TPSA) is 233 Å². The highest BCUT2D eigenvalue weighted by atomic mass is 31.2. The van der Waals surface area contributed by atoms with E-state index in [0.717, 1.165) is 6.08 Å². The van der Waals surface area contributed by atoms with Gasteiger partial charge in [0.25, 0.3) is 5.91 Å². The van der Waals surface area contributed by atoms with E-state index in [-0.39, 0.29) is 60.9 Å². The van der Waals surface area contributed by atoms with Crippen molar-refractivity contribution >= 4 is 31.4 Å². The monoisotopic (exact) mass is 683 g/mol. The first-order chi connectivity index (χ1) is 22.0. The summed E-state index contributed by atoms with van der Waals surface area (Å²) in [6, 6.07) is 0. The molecule has 15 nitrogen and oxygen atoms in total. The number of carbonyl (C=O) groups is 4. The first kappa shape index (κ1) is 39.7. The average molecular weight is 684 g/mol. The van der Waals surface area contributed by atoms with E-state index in [4.69, 9.17) is 29.7 Å². The smallest absolute Gasteiger partial charge is 0.439 e. The van der Waals surface area contributed by atoms with Crippen LogP contribution in [0.5, 0.6) is 0 Å². The fourth-order valence-electron chi connectivity index (χ4n) is 5.25. The predicted molar refractivity (Wildman–Crippen MR) is 170 cm³/mol. The number of hydrogen-bond acceptors (Lipinski definition) is 11. The summed E-state index contributed by atoms with van der Waals surface area (Å²) in [5.41, 5.74) is 5.92. The Kier molecular flexibility index (Phi) is 15.4. The molecule has 2 rings (SSSR count). The molecule has 0 spiro atoms. The summed E-state index contributed by atoms with van der Waals surface area (Å²) >= 11 is 0. The van der Waals surface area contributed by atoms with Crippen molar-refractivity contribution in [3.63, 3.8) is 0 Å². The second kappa shape index (κ2) is 18.2. The summed E-state index contributed by atoms with van der Waals surface area (Å²) in [6.07, 6.45) is 3.14. The number of ketones is 2. The van der Waals surface area contributed by atoms with Crippen LogP contribution >= 0.6 is 7.82 Å². The molecule has 0 saturated carbocycles. The lowest BCUT2D eigenvalue weighted by Crippen LogP contribution is -2.38. The SMILES string of the molecule is COC1/C=C\C=C(/C)C(=O)NC2=CC(=O)C(NCCCOP(=O)(O)O)=C(CC(C)CC(OC)C(O)C(C)/C=C(\C)C1OC(N)=O)C2=O. The number of aliphatic hydroxyl groups excluding tert-OH is 1. The molecule has 262 valence electrons. The number of allylic oxidation sites excluding steroid dienone is 4. The molecule has 0 fully saturated rings. The minimum atomic E-state index is -4.67. The summed E-state index contributed by atoms with van der Waals surface area (Å²) in [6.45, 7) is 6.54. The molecule has 1 heterocycles. The Bertz CT molecular complexity index is 1380. The molecule has 2 bridgehead atoms. The third-order valence-corrected chi connectivity index (χ3v) is 8.19. The normalized spacial score (nSPS) is 30.0. The Morgan fingerprint density at radius 1 is 1.15 bits per heavy atom. The Morgan fingerprint density at radius 3 is 2.43 bits per heavy atom. The number of phosphoric ester groups is 1. The second-order valence-corrected chi connectivity index (χ2v) is 12.8. The minimum Gasteiger partial charge on any atom is -0.439 e. The van der Waals surface area contributed by atoms with Gasteiger partial charge < -0.3 is 45.5 Å². The Labute approximate surface area is 274 Å². The number of rotatable bonds is 9. The van der Waals surface area contributed by atoms with Crippen LogP contribution < -0.4 is 16.4 Å². The van der Waals surface area contributed by atoms with Crippen molar-refractivity contribution in [2.45, 2.75) is 71.4 Å². The standard InChI is InChI=1S/C31H46N3O12P/c1-17-13-21-26(33-11-8-12-45-47(40,41)42)23(35)16-22(28(21)37)34-30(38)18(2)9-7-10-24(43-5)29(46-31(32)39)20(4)15-19(3)27(36)25(14-17)44-6/h7,9-10,15-17,19,24-25,27,29,33,36H,8,11-14H2,1-6H3,(H2,32,39)(H,34,38)(H2,40,41,42)/b10-7-,18-9+,20-15+. The van der Waals surface area contributed by atoms with Crippen LogP contribution in [0, 0.1) is 11.8 Å². The fourth-order valence-corrected chi connectivity index (χ4v) is 5.61. The van der Waals surface area contributed by atoms with Crippen LogP contribution in [0.4, 0.5) is 4.79 Å². The summed E-state index contributed by atoms with van der Waals surface area (Å²) in [4.78, 5) is 69.5. The number of fused-ring (bicyclic) bond motifs is 2. The number of hydrogen-bond donors (Lipinski definition) is 6. The van der Waals surface area contributed by atoms with E-state index in [2.05, 4.69) is 15.2 Å². The van der Waals surface area contributed by atoms with E-state index in [1.807, 2.05) is 6.92 Å². The van der Waals surface area contributed by atoms with Crippen LogP contribution in [0.25, 0.3) is 0 Å². The molecule has 47 heavy (non-hydrogen) atoms. The zero-order valence-electron chi connectivity index (χ0n) is 27.4. The maximum Gasteiger partial charge on any atom is 0.469 e. The molecule has 1 aliphatic carbocycles. The Hall–Kier alpha value is -3.43. The molecule has 0 radical (unpaired) electrons. The third kappa shape index (κ3) is 12.3. The van der Waals surface area contributed by atoms with Gasteiger partial charge in [0.05, 0.1) is 30.2 Å². The molecule has 16 heteroatoms. The number of aliphatic hydroxyl groups is 1. The molecule has 0 aromatic rings. The molecule has 1 aliphatic heterocycles. The van der Waals surface area contributed by atoms with Gasteiger partial charge in [0.1, 0.15) is 6.10 Å². The van der Waals surface area contributed by atoms with Crippen LogP contribution in [0.2, 0.25) is 0 Å². The quantitative estimate of drug-likeness (QED) is 0.0883. The van der Waals surface area contributed by atoms with Crippen LogP contribution in [-0.4, -0.2) is 90.2 Å². The lowest BCUT2D eigenvalue weighted by Gasteiger charge is -2.30. The highest BCUT2D eigenvalue weighted by Crippen LogP contribution is 2.35. The molecule has 2 amide bonds. The van der Waals surface area contributed by atoms with Crippen molar-refractivity contribution in [1.82, 2.24) is 10.6 Å². The van der Waals surface area contributed by atoms with Gasteiger partial charge in [0.15, 0.2) is 6.10 Å². The van der Waals surface area contributed by atoms with Crippen molar-refractivity contribution in [1.29, 1.82) is 0 Å². The fraction of sp³-hybridized carbons (Fsp3) is 0.548. The lowest BCUT2D eigenvalue weighted by atomic mass is 9.85. The van der Waals surface area contributed by atoms with Crippen molar-refractivity contribution in [3.8, 4) is 0 Å². The summed E-state index contributed by atoms with van der Waals surface area (Å²) in [5, 5.41) is 16.7. The molecule has 0 aromatic heterocycles. The number of carbonyl (C=O) groups excluding carboxylic acids is 4. The molecule has 6 unspecified atom stereocenters. The molecule has 0 saturated heterocycles. The summed E-state index contributed by atoms with van der Waals surface area (Å²) in [7, 11) is -1.82. The maximum atomic E-state index is 13.7. The van der Waals surface area contributed by atoms with E-state index >= 15 is 0 Å². The van der Waals surface area contributed by atoms with Crippen molar-refractivity contribution in [2.75, 3.05) is 27.4 Å². The Balaban J connectivity index is 2.54. The first-order valence-corrected chi connectivity index (χ1v) is 16.5. The molecule has 0 aromatic carbocycles. The minimum absolute atomic E-state index is 0.00957. The molecule has 7 N–H and O–H groups in total. The number of phosphoric acid groups is 1. The number of ether oxygens (including phenoxy) is 3. The van der Waals surface area contributed by atoms with Crippen molar-refractivity contribution in [2.24, 2.45) is 17.6 Å². The van der Waals surface area contributed by atoms with Gasteiger partial charge in [-0.2, -0.15) is 0 Å². The summed E-state index contributed by atoms with van der Waals surface area (Å²) in [5.74, 6) is -2.64. The van der Waals surface area contributed by atoms with Gasteiger partial charge in [-0.3, -0.25) is 18.9 Å². The predicted octanol–water partition coefficient (Wildman–Crippen LogP) is 1.85. The van der Waals surface area contributed by atoms with Gasteiger partial charge in [-0.05, 0) is 44.6 Å². The van der Waals surface area contributed by atoms with Gasteiger partial charge in [0.2, 0.25) is 11.6 Å². The van der Waals surface area contributed by atoms with Crippen LogP contribution in [-0.2, 0) is 37.7 Å². The Morgan fingerprint density at radius 2 is 1.83 bits per heavy atom. The van der Waals surface area contributed by atoms with Gasteiger partial charge in [-0.1, -0.05) is 38.2 Å². The maximum absolute atomic E-state index is 13.7. The number of methoxy groups -OCH3 is 2.